The minimum atomic E-state index is -0.486. The van der Waals surface area contributed by atoms with Crippen molar-refractivity contribution < 1.29 is 9.84 Å². The van der Waals surface area contributed by atoms with Gasteiger partial charge in [0.15, 0.2) is 0 Å². The molecule has 0 fully saturated rings. The Morgan fingerprint density at radius 2 is 1.95 bits per heavy atom. The van der Waals surface area contributed by atoms with Crippen molar-refractivity contribution in [2.75, 3.05) is 13.2 Å². The molecule has 0 spiro atoms. The average Bonchev–Trinajstić information content (AvgIpc) is 2.42. The van der Waals surface area contributed by atoms with E-state index in [4.69, 9.17) is 4.74 Å². The maximum Gasteiger partial charge on any atom is 0.119 e. The SMILES string of the molecule is C=C(C)COc1ccc(C(O)C(CC)NCC)cc1. The van der Waals surface area contributed by atoms with Gasteiger partial charge in [0.2, 0.25) is 0 Å². The Kier molecular flexibility index (Phi) is 6.60. The van der Waals surface area contributed by atoms with E-state index in [0.29, 0.717) is 6.61 Å². The lowest BCUT2D eigenvalue weighted by Gasteiger charge is -2.22. The van der Waals surface area contributed by atoms with Gasteiger partial charge in [-0.15, -0.1) is 0 Å². The zero-order valence-corrected chi connectivity index (χ0v) is 12.1. The van der Waals surface area contributed by atoms with Crippen molar-refractivity contribution in [3.63, 3.8) is 0 Å². The van der Waals surface area contributed by atoms with Crippen molar-refractivity contribution in [3.8, 4) is 5.75 Å². The fourth-order valence-corrected chi connectivity index (χ4v) is 1.94. The van der Waals surface area contributed by atoms with Crippen molar-refractivity contribution in [1.82, 2.24) is 5.32 Å². The molecule has 0 saturated heterocycles. The lowest BCUT2D eigenvalue weighted by atomic mass is 10.0. The molecule has 3 heteroatoms. The van der Waals surface area contributed by atoms with E-state index in [1.54, 1.807) is 0 Å². The van der Waals surface area contributed by atoms with E-state index in [1.165, 1.54) is 0 Å². The van der Waals surface area contributed by atoms with Crippen LogP contribution in [0.25, 0.3) is 0 Å². The minimum Gasteiger partial charge on any atom is -0.489 e. The fraction of sp³-hybridized carbons (Fsp3) is 0.500. The number of aliphatic hydroxyl groups is 1. The molecular weight excluding hydrogens is 238 g/mol. The van der Waals surface area contributed by atoms with Crippen LogP contribution in [-0.4, -0.2) is 24.3 Å². The number of ether oxygens (including phenoxy) is 1. The van der Waals surface area contributed by atoms with Crippen LogP contribution in [0.5, 0.6) is 5.75 Å². The largest absolute Gasteiger partial charge is 0.489 e. The van der Waals surface area contributed by atoms with E-state index < -0.39 is 6.10 Å². The quantitative estimate of drug-likeness (QED) is 0.708. The van der Waals surface area contributed by atoms with Gasteiger partial charge in [0.05, 0.1) is 6.10 Å². The van der Waals surface area contributed by atoms with Gasteiger partial charge < -0.3 is 15.2 Å². The molecule has 0 radical (unpaired) electrons. The molecule has 2 N–H and O–H groups in total. The zero-order valence-electron chi connectivity index (χ0n) is 12.1. The summed E-state index contributed by atoms with van der Waals surface area (Å²) in [5, 5.41) is 13.6. The summed E-state index contributed by atoms with van der Waals surface area (Å²) in [7, 11) is 0. The first-order chi connectivity index (χ1) is 9.08. The van der Waals surface area contributed by atoms with Gasteiger partial charge in [-0.05, 0) is 43.2 Å². The van der Waals surface area contributed by atoms with Crippen molar-refractivity contribution >= 4 is 0 Å². The third kappa shape index (κ3) is 5.05. The molecule has 0 bridgehead atoms. The molecular formula is C16H25NO2. The summed E-state index contributed by atoms with van der Waals surface area (Å²) < 4.78 is 5.54. The first-order valence-electron chi connectivity index (χ1n) is 6.87. The molecule has 0 aliphatic rings. The Hall–Kier alpha value is -1.32. The maximum absolute atomic E-state index is 10.3. The summed E-state index contributed by atoms with van der Waals surface area (Å²) in [6.07, 6.45) is 0.406. The summed E-state index contributed by atoms with van der Waals surface area (Å²) in [5.74, 6) is 0.801. The molecule has 0 aliphatic carbocycles. The Bertz CT molecular complexity index is 386. The lowest BCUT2D eigenvalue weighted by Crippen LogP contribution is -2.34. The topological polar surface area (TPSA) is 41.5 Å². The van der Waals surface area contributed by atoms with Gasteiger partial charge in [-0.2, -0.15) is 0 Å². The average molecular weight is 263 g/mol. The van der Waals surface area contributed by atoms with Gasteiger partial charge in [-0.25, -0.2) is 0 Å². The Balaban J connectivity index is 2.66. The number of benzene rings is 1. The van der Waals surface area contributed by atoms with Gasteiger partial charge in [-0.3, -0.25) is 0 Å². The molecule has 1 aromatic rings. The van der Waals surface area contributed by atoms with Crippen LogP contribution in [-0.2, 0) is 0 Å². The monoisotopic (exact) mass is 263 g/mol. The van der Waals surface area contributed by atoms with E-state index in [2.05, 4.69) is 18.8 Å². The van der Waals surface area contributed by atoms with Crippen LogP contribution in [0.4, 0.5) is 0 Å². The predicted octanol–water partition coefficient (Wildman–Crippen LogP) is 3.06. The second kappa shape index (κ2) is 7.97. The number of nitrogens with one attached hydrogen (secondary N) is 1. The number of likely N-dealkylation sites (N-methyl/N-ethyl adjacent to an activating group) is 1. The summed E-state index contributed by atoms with van der Waals surface area (Å²) in [5.41, 5.74) is 1.90. The number of hydrogen-bond donors (Lipinski definition) is 2. The molecule has 106 valence electrons. The Labute approximate surface area is 116 Å². The minimum absolute atomic E-state index is 0.0900. The normalized spacial score (nSPS) is 13.9. The molecule has 2 unspecified atom stereocenters. The summed E-state index contributed by atoms with van der Waals surface area (Å²) in [6, 6.07) is 7.70. The molecule has 3 nitrogen and oxygen atoms in total. The third-order valence-electron chi connectivity index (χ3n) is 2.99. The van der Waals surface area contributed by atoms with Crippen LogP contribution in [0.3, 0.4) is 0 Å². The molecule has 0 aliphatic heterocycles. The molecule has 0 aromatic heterocycles. The first-order valence-corrected chi connectivity index (χ1v) is 6.87. The second-order valence-corrected chi connectivity index (χ2v) is 4.83. The molecule has 0 saturated carbocycles. The summed E-state index contributed by atoms with van der Waals surface area (Å²) >= 11 is 0. The van der Waals surface area contributed by atoms with Crippen molar-refractivity contribution in [3.05, 3.63) is 42.0 Å². The van der Waals surface area contributed by atoms with E-state index in [0.717, 1.165) is 29.9 Å². The summed E-state index contributed by atoms with van der Waals surface area (Å²) in [6.45, 7) is 11.2. The van der Waals surface area contributed by atoms with Crippen LogP contribution >= 0.6 is 0 Å². The molecule has 1 rings (SSSR count). The zero-order chi connectivity index (χ0) is 14.3. The summed E-state index contributed by atoms with van der Waals surface area (Å²) in [4.78, 5) is 0. The van der Waals surface area contributed by atoms with Gasteiger partial charge in [0.25, 0.3) is 0 Å². The predicted molar refractivity (Wildman–Crippen MR) is 79.5 cm³/mol. The standard InChI is InChI=1S/C16H25NO2/c1-5-15(17-6-2)16(18)13-7-9-14(10-8-13)19-11-12(3)4/h7-10,15-18H,3,5-6,11H2,1-2,4H3. The van der Waals surface area contributed by atoms with Gasteiger partial charge in [-0.1, -0.05) is 32.6 Å². The smallest absolute Gasteiger partial charge is 0.119 e. The Morgan fingerprint density at radius 3 is 2.42 bits per heavy atom. The van der Waals surface area contributed by atoms with E-state index >= 15 is 0 Å². The fourth-order valence-electron chi connectivity index (χ4n) is 1.94. The third-order valence-corrected chi connectivity index (χ3v) is 2.99. The number of aliphatic hydroxyl groups excluding tert-OH is 1. The highest BCUT2D eigenvalue weighted by molar-refractivity contribution is 5.29. The van der Waals surface area contributed by atoms with E-state index in [-0.39, 0.29) is 6.04 Å². The van der Waals surface area contributed by atoms with Crippen LogP contribution in [0.15, 0.2) is 36.4 Å². The molecule has 0 heterocycles. The highest BCUT2D eigenvalue weighted by Gasteiger charge is 2.17. The van der Waals surface area contributed by atoms with Crippen LogP contribution in [0.2, 0.25) is 0 Å². The second-order valence-electron chi connectivity index (χ2n) is 4.83. The molecule has 19 heavy (non-hydrogen) atoms. The maximum atomic E-state index is 10.3. The van der Waals surface area contributed by atoms with Crippen molar-refractivity contribution in [2.24, 2.45) is 0 Å². The molecule has 1 aromatic carbocycles. The van der Waals surface area contributed by atoms with Gasteiger partial charge in [0, 0.05) is 6.04 Å². The van der Waals surface area contributed by atoms with Crippen molar-refractivity contribution in [1.29, 1.82) is 0 Å². The number of hydrogen-bond acceptors (Lipinski definition) is 3. The highest BCUT2D eigenvalue weighted by Crippen LogP contribution is 2.22. The van der Waals surface area contributed by atoms with Crippen LogP contribution < -0.4 is 10.1 Å². The van der Waals surface area contributed by atoms with Crippen LogP contribution in [0, 0.1) is 0 Å². The molecule has 0 amide bonds. The Morgan fingerprint density at radius 1 is 1.32 bits per heavy atom. The number of rotatable bonds is 8. The van der Waals surface area contributed by atoms with Crippen molar-refractivity contribution in [2.45, 2.75) is 39.3 Å². The van der Waals surface area contributed by atoms with Crippen LogP contribution in [0.1, 0.15) is 38.9 Å². The van der Waals surface area contributed by atoms with E-state index in [9.17, 15) is 5.11 Å². The lowest BCUT2D eigenvalue weighted by molar-refractivity contribution is 0.127. The molecule has 2 atom stereocenters. The first kappa shape index (κ1) is 15.7. The highest BCUT2D eigenvalue weighted by atomic mass is 16.5. The van der Waals surface area contributed by atoms with Gasteiger partial charge >= 0.3 is 0 Å². The van der Waals surface area contributed by atoms with Gasteiger partial charge in [0.1, 0.15) is 12.4 Å². The van der Waals surface area contributed by atoms with E-state index in [1.807, 2.05) is 38.1 Å².